The van der Waals surface area contributed by atoms with E-state index in [4.69, 9.17) is 0 Å². The minimum absolute atomic E-state index is 0.0669. The van der Waals surface area contributed by atoms with Crippen molar-refractivity contribution >= 4 is 11.6 Å². The van der Waals surface area contributed by atoms with Crippen LogP contribution in [0.1, 0.15) is 25.8 Å². The molecule has 1 fully saturated rings. The Morgan fingerprint density at radius 1 is 1.19 bits per heavy atom. The highest BCUT2D eigenvalue weighted by Crippen LogP contribution is 2.26. The third-order valence-corrected chi connectivity index (χ3v) is 5.02. The molecule has 3 rings (SSSR count). The fourth-order valence-corrected chi connectivity index (χ4v) is 3.43. The highest BCUT2D eigenvalue weighted by molar-refractivity contribution is 5.86. The van der Waals surface area contributed by atoms with Crippen molar-refractivity contribution in [3.05, 3.63) is 29.8 Å². The molecule has 2 heterocycles. The average Bonchev–Trinajstić information content (AvgIpc) is 2.51. The van der Waals surface area contributed by atoms with E-state index in [0.29, 0.717) is 12.1 Å². The molecule has 3 unspecified atom stereocenters. The fourth-order valence-electron chi connectivity index (χ4n) is 3.43. The molecule has 0 bridgehead atoms. The molecule has 21 heavy (non-hydrogen) atoms. The van der Waals surface area contributed by atoms with Gasteiger partial charge in [0.15, 0.2) is 0 Å². The number of benzene rings is 1. The van der Waals surface area contributed by atoms with Gasteiger partial charge in [-0.1, -0.05) is 18.2 Å². The van der Waals surface area contributed by atoms with Crippen LogP contribution in [-0.4, -0.2) is 54.0 Å². The molecule has 4 heteroatoms. The smallest absolute Gasteiger partial charge is 0.245 e. The van der Waals surface area contributed by atoms with Crippen molar-refractivity contribution in [2.75, 3.05) is 25.5 Å². The molecular formula is C17H25N3O. The van der Waals surface area contributed by atoms with Gasteiger partial charge in [0.25, 0.3) is 0 Å². The van der Waals surface area contributed by atoms with Gasteiger partial charge in [-0.15, -0.1) is 0 Å². The molecule has 0 radical (unpaired) electrons. The van der Waals surface area contributed by atoms with E-state index in [1.54, 1.807) is 0 Å². The van der Waals surface area contributed by atoms with Gasteiger partial charge < -0.3 is 10.2 Å². The van der Waals surface area contributed by atoms with Gasteiger partial charge in [-0.3, -0.25) is 9.69 Å². The Morgan fingerprint density at radius 3 is 2.57 bits per heavy atom. The van der Waals surface area contributed by atoms with Gasteiger partial charge in [0.1, 0.15) is 6.04 Å². The van der Waals surface area contributed by atoms with Crippen LogP contribution in [0, 0.1) is 0 Å². The number of nitrogens with one attached hydrogen (secondary N) is 1. The van der Waals surface area contributed by atoms with Crippen molar-refractivity contribution < 1.29 is 4.79 Å². The monoisotopic (exact) mass is 287 g/mol. The van der Waals surface area contributed by atoms with Crippen LogP contribution in [0.3, 0.4) is 0 Å². The summed E-state index contributed by atoms with van der Waals surface area (Å²) in [4.78, 5) is 17.2. The second-order valence-corrected chi connectivity index (χ2v) is 6.50. The molecule has 1 aromatic carbocycles. The maximum Gasteiger partial charge on any atom is 0.245 e. The summed E-state index contributed by atoms with van der Waals surface area (Å²) in [7, 11) is 2.15. The van der Waals surface area contributed by atoms with E-state index >= 15 is 0 Å². The normalized spacial score (nSPS) is 29.7. The molecule has 0 spiro atoms. The molecule has 2 aliphatic rings. The number of likely N-dealkylation sites (N-methyl/N-ethyl adjacent to an activating group) is 1. The number of aryl methyl sites for hydroxylation is 1. The Bertz CT molecular complexity index is 519. The lowest BCUT2D eigenvalue weighted by Gasteiger charge is -2.44. The number of rotatable bonds is 1. The molecule has 114 valence electrons. The van der Waals surface area contributed by atoms with E-state index in [1.165, 1.54) is 5.56 Å². The van der Waals surface area contributed by atoms with E-state index in [2.05, 4.69) is 49.3 Å². The highest BCUT2D eigenvalue weighted by Gasteiger charge is 2.33. The van der Waals surface area contributed by atoms with Gasteiger partial charge in [-0.25, -0.2) is 0 Å². The Hall–Kier alpha value is -1.55. The van der Waals surface area contributed by atoms with E-state index in [9.17, 15) is 4.79 Å². The summed E-state index contributed by atoms with van der Waals surface area (Å²) in [6.07, 6.45) is 1.88. The summed E-state index contributed by atoms with van der Waals surface area (Å²) in [6, 6.07) is 9.09. The van der Waals surface area contributed by atoms with Crippen molar-refractivity contribution in [1.29, 1.82) is 0 Å². The maximum absolute atomic E-state index is 12.8. The molecule has 4 nitrogen and oxygen atoms in total. The van der Waals surface area contributed by atoms with Gasteiger partial charge >= 0.3 is 0 Å². The van der Waals surface area contributed by atoms with E-state index in [0.717, 1.165) is 31.6 Å². The van der Waals surface area contributed by atoms with Gasteiger partial charge in [0, 0.05) is 30.9 Å². The standard InChI is InChI=1S/C17H25N3O/c1-12-10-20(11-13(2)19(12)3)17(21)16-9-8-14-6-4-5-7-15(14)18-16/h4-7,12-13,16,18H,8-11H2,1-3H3. The maximum atomic E-state index is 12.8. The lowest BCUT2D eigenvalue weighted by atomic mass is 9.96. The number of carbonyl (C=O) groups is 1. The molecule has 3 atom stereocenters. The largest absolute Gasteiger partial charge is 0.373 e. The summed E-state index contributed by atoms with van der Waals surface area (Å²) in [5, 5.41) is 3.43. The predicted octanol–water partition coefficient (Wildman–Crippen LogP) is 1.96. The molecule has 2 aliphatic heterocycles. The first kappa shape index (κ1) is 14.4. The Kier molecular flexibility index (Phi) is 3.89. The van der Waals surface area contributed by atoms with Crippen LogP contribution in [0.25, 0.3) is 0 Å². The molecule has 0 saturated carbocycles. The number of carbonyl (C=O) groups excluding carboxylic acids is 1. The summed E-state index contributed by atoms with van der Waals surface area (Å²) in [5.74, 6) is 0.260. The van der Waals surface area contributed by atoms with Crippen molar-refractivity contribution in [3.63, 3.8) is 0 Å². The van der Waals surface area contributed by atoms with Crippen molar-refractivity contribution in [2.24, 2.45) is 0 Å². The number of anilines is 1. The quantitative estimate of drug-likeness (QED) is 0.858. The zero-order valence-electron chi connectivity index (χ0n) is 13.2. The predicted molar refractivity (Wildman–Crippen MR) is 85.4 cm³/mol. The van der Waals surface area contributed by atoms with Gasteiger partial charge in [-0.2, -0.15) is 0 Å². The molecule has 1 saturated heterocycles. The molecule has 1 amide bonds. The zero-order valence-corrected chi connectivity index (χ0v) is 13.2. The second-order valence-electron chi connectivity index (χ2n) is 6.50. The summed E-state index contributed by atoms with van der Waals surface area (Å²) in [6.45, 7) is 6.05. The number of amides is 1. The minimum atomic E-state index is -0.0669. The van der Waals surface area contributed by atoms with Crippen molar-refractivity contribution in [2.45, 2.75) is 44.8 Å². The number of piperazine rings is 1. The van der Waals surface area contributed by atoms with Crippen LogP contribution in [0.4, 0.5) is 5.69 Å². The van der Waals surface area contributed by atoms with Crippen LogP contribution in [0.5, 0.6) is 0 Å². The molecule has 0 aliphatic carbocycles. The molecular weight excluding hydrogens is 262 g/mol. The molecule has 1 aromatic rings. The summed E-state index contributed by atoms with van der Waals surface area (Å²) in [5.41, 5.74) is 2.44. The first-order valence-electron chi connectivity index (χ1n) is 7.91. The van der Waals surface area contributed by atoms with Gasteiger partial charge in [0.2, 0.25) is 5.91 Å². The fraction of sp³-hybridized carbons (Fsp3) is 0.588. The minimum Gasteiger partial charge on any atom is -0.373 e. The van der Waals surface area contributed by atoms with E-state index < -0.39 is 0 Å². The van der Waals surface area contributed by atoms with Crippen LogP contribution in [-0.2, 0) is 11.2 Å². The molecule has 0 aromatic heterocycles. The Balaban J connectivity index is 1.69. The highest BCUT2D eigenvalue weighted by atomic mass is 16.2. The first-order chi connectivity index (χ1) is 10.1. The zero-order chi connectivity index (χ0) is 15.0. The third-order valence-electron chi connectivity index (χ3n) is 5.02. The number of fused-ring (bicyclic) bond motifs is 1. The first-order valence-corrected chi connectivity index (χ1v) is 7.91. The topological polar surface area (TPSA) is 35.6 Å². The van der Waals surface area contributed by atoms with Crippen LogP contribution in [0.15, 0.2) is 24.3 Å². The van der Waals surface area contributed by atoms with Crippen LogP contribution < -0.4 is 5.32 Å². The summed E-state index contributed by atoms with van der Waals surface area (Å²) < 4.78 is 0. The SMILES string of the molecule is CC1CN(C(=O)C2CCc3ccccc3N2)CC(C)N1C. The van der Waals surface area contributed by atoms with E-state index in [-0.39, 0.29) is 11.9 Å². The van der Waals surface area contributed by atoms with E-state index in [1.807, 2.05) is 11.0 Å². The van der Waals surface area contributed by atoms with Crippen molar-refractivity contribution in [3.8, 4) is 0 Å². The van der Waals surface area contributed by atoms with Crippen LogP contribution in [0.2, 0.25) is 0 Å². The second kappa shape index (κ2) is 5.68. The Morgan fingerprint density at radius 2 is 1.86 bits per heavy atom. The van der Waals surface area contributed by atoms with Gasteiger partial charge in [0.05, 0.1) is 0 Å². The van der Waals surface area contributed by atoms with Crippen molar-refractivity contribution in [1.82, 2.24) is 9.80 Å². The average molecular weight is 287 g/mol. The third kappa shape index (κ3) is 2.77. The number of hydrogen-bond donors (Lipinski definition) is 1. The number of para-hydroxylation sites is 1. The lowest BCUT2D eigenvalue weighted by Crippen LogP contribution is -2.59. The lowest BCUT2D eigenvalue weighted by molar-refractivity contribution is -0.136. The Labute approximate surface area is 127 Å². The number of nitrogens with zero attached hydrogens (tertiary/aromatic N) is 2. The number of hydrogen-bond acceptors (Lipinski definition) is 3. The molecule has 1 N–H and O–H groups in total. The summed E-state index contributed by atoms with van der Waals surface area (Å²) >= 11 is 0. The van der Waals surface area contributed by atoms with Gasteiger partial charge in [-0.05, 0) is 45.4 Å². The van der Waals surface area contributed by atoms with Crippen LogP contribution >= 0.6 is 0 Å².